The van der Waals surface area contributed by atoms with Crippen molar-refractivity contribution in [1.29, 1.82) is 0 Å². The molecule has 0 saturated heterocycles. The fourth-order valence-electron chi connectivity index (χ4n) is 8.65. The molecular formula is C48H34N2Si. The molecule has 2 aromatic heterocycles. The Kier molecular flexibility index (Phi) is 6.86. The maximum atomic E-state index is 2.52. The van der Waals surface area contributed by atoms with Crippen LogP contribution in [0.2, 0.25) is 0 Å². The third-order valence-corrected chi connectivity index (χ3v) is 15.5. The lowest BCUT2D eigenvalue weighted by molar-refractivity contribution is 1.13. The van der Waals surface area contributed by atoms with Gasteiger partial charge in [0.2, 0.25) is 0 Å². The van der Waals surface area contributed by atoms with Gasteiger partial charge in [-0.3, -0.25) is 0 Å². The molecule has 0 saturated carbocycles. The van der Waals surface area contributed by atoms with Crippen molar-refractivity contribution in [3.63, 3.8) is 0 Å². The maximum Gasteiger partial charge on any atom is 0.180 e. The molecule has 0 aliphatic carbocycles. The van der Waals surface area contributed by atoms with Gasteiger partial charge >= 0.3 is 0 Å². The minimum absolute atomic E-state index is 1.15. The third kappa shape index (κ3) is 4.35. The van der Waals surface area contributed by atoms with Crippen LogP contribution in [0.25, 0.3) is 55.0 Å². The van der Waals surface area contributed by atoms with Crippen molar-refractivity contribution in [2.75, 3.05) is 0 Å². The summed E-state index contributed by atoms with van der Waals surface area (Å²) in [6.07, 6.45) is 0. The molecule has 0 spiro atoms. The van der Waals surface area contributed by atoms with E-state index in [1.54, 1.807) is 0 Å². The zero-order valence-electron chi connectivity index (χ0n) is 28.0. The highest BCUT2D eigenvalue weighted by Crippen LogP contribution is 2.39. The Morgan fingerprint density at radius 3 is 1.37 bits per heavy atom. The molecule has 0 aliphatic rings. The molecular weight excluding hydrogens is 633 g/mol. The van der Waals surface area contributed by atoms with Crippen LogP contribution in [0.1, 0.15) is 0 Å². The van der Waals surface area contributed by atoms with Crippen LogP contribution in [0.3, 0.4) is 0 Å². The van der Waals surface area contributed by atoms with E-state index in [1.807, 2.05) is 0 Å². The molecule has 240 valence electrons. The maximum absolute atomic E-state index is 2.83. The summed E-state index contributed by atoms with van der Waals surface area (Å²) >= 11 is 0. The summed E-state index contributed by atoms with van der Waals surface area (Å²) in [5.74, 6) is 0. The normalized spacial score (nSPS) is 11.9. The molecule has 0 bridgehead atoms. The molecule has 2 heterocycles. The van der Waals surface area contributed by atoms with Gasteiger partial charge in [0.25, 0.3) is 0 Å². The lowest BCUT2D eigenvalue weighted by Gasteiger charge is -2.35. The van der Waals surface area contributed by atoms with Crippen molar-refractivity contribution in [1.82, 2.24) is 9.13 Å². The summed E-state index contributed by atoms with van der Waals surface area (Å²) < 4.78 is 4.97. The minimum Gasteiger partial charge on any atom is -0.307 e. The van der Waals surface area contributed by atoms with Gasteiger partial charge < -0.3 is 9.13 Å². The molecule has 10 rings (SSSR count). The highest BCUT2D eigenvalue weighted by Gasteiger charge is 2.43. The lowest BCUT2D eigenvalue weighted by Crippen LogP contribution is -2.74. The molecule has 8 aromatic carbocycles. The number of para-hydroxylation sites is 4. The van der Waals surface area contributed by atoms with Crippen molar-refractivity contribution in [3.8, 4) is 11.4 Å². The smallest absolute Gasteiger partial charge is 0.180 e. The van der Waals surface area contributed by atoms with E-state index in [0.29, 0.717) is 0 Å². The predicted octanol–water partition coefficient (Wildman–Crippen LogP) is 9.26. The van der Waals surface area contributed by atoms with Gasteiger partial charge in [0.05, 0.1) is 27.8 Å². The lowest BCUT2D eigenvalue weighted by atomic mass is 10.1. The standard InChI is InChI=1S/C48H34N2Si/c1-5-19-35(20-6-1)49-42-30-15-13-27-39(42)40-29-17-33-45(48(40)49)50-43-31-16-14-28-41(43)47-44(50)32-18-34-46(47)51(36-21-7-2-8-22-36,37-23-9-3-10-24-37)38-25-11-4-12-26-38/h1-34H. The van der Waals surface area contributed by atoms with Crippen molar-refractivity contribution in [2.24, 2.45) is 0 Å². The van der Waals surface area contributed by atoms with Gasteiger partial charge in [-0.25, -0.2) is 0 Å². The second kappa shape index (κ2) is 11.9. The molecule has 0 fully saturated rings. The van der Waals surface area contributed by atoms with E-state index in [-0.39, 0.29) is 0 Å². The van der Waals surface area contributed by atoms with Gasteiger partial charge in [-0.1, -0.05) is 170 Å². The molecule has 0 amide bonds. The topological polar surface area (TPSA) is 9.86 Å². The number of fused-ring (bicyclic) bond motifs is 6. The number of hydrogen-bond acceptors (Lipinski definition) is 0. The van der Waals surface area contributed by atoms with Crippen LogP contribution in [0, 0.1) is 0 Å². The molecule has 0 radical (unpaired) electrons. The summed E-state index contributed by atoms with van der Waals surface area (Å²) in [7, 11) is -2.83. The van der Waals surface area contributed by atoms with Crippen molar-refractivity contribution in [2.45, 2.75) is 0 Å². The van der Waals surface area contributed by atoms with Gasteiger partial charge in [0.15, 0.2) is 8.07 Å². The molecule has 0 atom stereocenters. The van der Waals surface area contributed by atoms with Crippen molar-refractivity contribution >= 4 is 72.4 Å². The summed E-state index contributed by atoms with van der Waals surface area (Å²) in [4.78, 5) is 0. The molecule has 0 aliphatic heterocycles. The van der Waals surface area contributed by atoms with Crippen LogP contribution in [0.15, 0.2) is 206 Å². The van der Waals surface area contributed by atoms with Crippen LogP contribution >= 0.6 is 0 Å². The first kappa shape index (κ1) is 29.5. The Hall–Kier alpha value is -6.42. The van der Waals surface area contributed by atoms with Crippen molar-refractivity contribution < 1.29 is 0 Å². The molecule has 0 unspecified atom stereocenters. The fraction of sp³-hybridized carbons (Fsp3) is 0. The zero-order chi connectivity index (χ0) is 33.8. The Morgan fingerprint density at radius 2 is 0.765 bits per heavy atom. The van der Waals surface area contributed by atoms with Crippen LogP contribution in [0.5, 0.6) is 0 Å². The van der Waals surface area contributed by atoms with E-state index >= 15 is 0 Å². The van der Waals surface area contributed by atoms with Crippen LogP contribution < -0.4 is 20.7 Å². The van der Waals surface area contributed by atoms with Gasteiger partial charge in [-0.2, -0.15) is 0 Å². The first-order valence-electron chi connectivity index (χ1n) is 17.6. The van der Waals surface area contributed by atoms with Crippen molar-refractivity contribution in [3.05, 3.63) is 206 Å². The molecule has 0 N–H and O–H groups in total. The van der Waals surface area contributed by atoms with E-state index in [0.717, 1.165) is 5.69 Å². The average Bonchev–Trinajstić information content (AvgIpc) is 3.73. The van der Waals surface area contributed by atoms with E-state index in [2.05, 4.69) is 215 Å². The zero-order valence-corrected chi connectivity index (χ0v) is 29.0. The number of hydrogen-bond donors (Lipinski definition) is 0. The number of aromatic nitrogens is 2. The van der Waals surface area contributed by atoms with E-state index in [9.17, 15) is 0 Å². The minimum atomic E-state index is -2.83. The van der Waals surface area contributed by atoms with Crippen LogP contribution in [-0.2, 0) is 0 Å². The number of nitrogens with zero attached hydrogens (tertiary/aromatic N) is 2. The Morgan fingerprint density at radius 1 is 0.314 bits per heavy atom. The van der Waals surface area contributed by atoms with E-state index in [1.165, 1.54) is 70.0 Å². The SMILES string of the molecule is c1ccc(-n2c3ccccc3c3cccc(-n4c5ccccc5c5c([Si](c6ccccc6)(c6ccccc6)c6ccccc6)cccc54)c32)cc1. The summed E-state index contributed by atoms with van der Waals surface area (Å²) in [5, 5.41) is 10.6. The van der Waals surface area contributed by atoms with Gasteiger partial charge in [-0.05, 0) is 57.1 Å². The van der Waals surface area contributed by atoms with Crippen LogP contribution in [0.4, 0.5) is 0 Å². The second-order valence-electron chi connectivity index (χ2n) is 13.3. The van der Waals surface area contributed by atoms with E-state index < -0.39 is 8.07 Å². The first-order valence-corrected chi connectivity index (χ1v) is 19.6. The second-order valence-corrected chi connectivity index (χ2v) is 17.0. The largest absolute Gasteiger partial charge is 0.307 e. The van der Waals surface area contributed by atoms with Crippen LogP contribution in [-0.4, -0.2) is 17.2 Å². The number of rotatable bonds is 6. The first-order chi connectivity index (χ1) is 25.4. The summed E-state index contributed by atoms with van der Waals surface area (Å²) in [5.41, 5.74) is 7.15. The Labute approximate surface area is 298 Å². The molecule has 10 aromatic rings. The molecule has 51 heavy (non-hydrogen) atoms. The monoisotopic (exact) mass is 666 g/mol. The summed E-state index contributed by atoms with van der Waals surface area (Å²) in [6.45, 7) is 0. The summed E-state index contributed by atoms with van der Waals surface area (Å²) in [6, 6.07) is 76.1. The fourth-order valence-corrected chi connectivity index (χ4v) is 13.6. The molecule has 2 nitrogen and oxygen atoms in total. The van der Waals surface area contributed by atoms with Gasteiger partial charge in [0.1, 0.15) is 0 Å². The van der Waals surface area contributed by atoms with Gasteiger partial charge in [0, 0.05) is 27.2 Å². The van der Waals surface area contributed by atoms with Gasteiger partial charge in [-0.15, -0.1) is 0 Å². The third-order valence-electron chi connectivity index (χ3n) is 10.7. The average molecular weight is 667 g/mol. The quantitative estimate of drug-likeness (QED) is 0.124. The number of benzene rings is 8. The molecule has 3 heteroatoms. The Bertz CT molecular complexity index is 2740. The van der Waals surface area contributed by atoms with E-state index in [4.69, 9.17) is 0 Å². The Balaban J connectivity index is 1.39. The highest BCUT2D eigenvalue weighted by atomic mass is 28.3. The predicted molar refractivity (Wildman–Crippen MR) is 219 cm³/mol. The highest BCUT2D eigenvalue weighted by molar-refractivity contribution is 7.20.